The van der Waals surface area contributed by atoms with Crippen molar-refractivity contribution in [3.05, 3.63) is 11.6 Å². The Morgan fingerprint density at radius 3 is 2.62 bits per heavy atom. The standard InChI is InChI=1S/C15H27N5O/c1-15(2,3)7-6-8-18(4)11-12-16-17-13-14(21)19(5)9-10-20(12)13/h6-11H2,1-5H3. The molecule has 2 rings (SSSR count). The number of nitrogens with zero attached hydrogens (tertiary/aromatic N) is 5. The molecule has 1 aromatic heterocycles. The molecule has 0 fully saturated rings. The molecule has 0 saturated carbocycles. The van der Waals surface area contributed by atoms with Crippen molar-refractivity contribution in [1.82, 2.24) is 24.6 Å². The summed E-state index contributed by atoms with van der Waals surface area (Å²) in [6.45, 7) is 10.1. The third-order valence-corrected chi connectivity index (χ3v) is 3.90. The molecule has 2 heterocycles. The fourth-order valence-corrected chi connectivity index (χ4v) is 2.57. The smallest absolute Gasteiger partial charge is 0.291 e. The lowest BCUT2D eigenvalue weighted by Gasteiger charge is -2.25. The Kier molecular flexibility index (Phi) is 4.66. The quantitative estimate of drug-likeness (QED) is 0.828. The van der Waals surface area contributed by atoms with Crippen molar-refractivity contribution in [2.24, 2.45) is 5.41 Å². The Bertz CT molecular complexity index is 503. The predicted molar refractivity (Wildman–Crippen MR) is 82.0 cm³/mol. The van der Waals surface area contributed by atoms with Gasteiger partial charge >= 0.3 is 0 Å². The van der Waals surface area contributed by atoms with E-state index in [4.69, 9.17) is 0 Å². The van der Waals surface area contributed by atoms with Crippen molar-refractivity contribution in [3.63, 3.8) is 0 Å². The molecule has 118 valence electrons. The van der Waals surface area contributed by atoms with Crippen LogP contribution in [-0.2, 0) is 13.1 Å². The summed E-state index contributed by atoms with van der Waals surface area (Å²) in [5.74, 6) is 1.34. The predicted octanol–water partition coefficient (Wildman–Crippen LogP) is 1.62. The van der Waals surface area contributed by atoms with Gasteiger partial charge in [0.25, 0.3) is 5.91 Å². The highest BCUT2D eigenvalue weighted by atomic mass is 16.2. The van der Waals surface area contributed by atoms with Gasteiger partial charge in [0.15, 0.2) is 0 Å². The number of hydrogen-bond acceptors (Lipinski definition) is 4. The first-order valence-electron chi connectivity index (χ1n) is 7.64. The number of rotatable bonds is 5. The van der Waals surface area contributed by atoms with Crippen molar-refractivity contribution in [2.75, 3.05) is 27.2 Å². The molecule has 1 aromatic rings. The van der Waals surface area contributed by atoms with Gasteiger partial charge in [0.2, 0.25) is 5.82 Å². The molecule has 0 bridgehead atoms. The van der Waals surface area contributed by atoms with E-state index in [9.17, 15) is 4.79 Å². The lowest BCUT2D eigenvalue weighted by atomic mass is 9.90. The topological polar surface area (TPSA) is 54.3 Å². The maximum Gasteiger partial charge on any atom is 0.291 e. The molecule has 1 aliphatic rings. The van der Waals surface area contributed by atoms with E-state index in [2.05, 4.69) is 42.9 Å². The van der Waals surface area contributed by atoms with Crippen LogP contribution in [0.25, 0.3) is 0 Å². The van der Waals surface area contributed by atoms with Crippen molar-refractivity contribution in [3.8, 4) is 0 Å². The van der Waals surface area contributed by atoms with E-state index in [1.807, 2.05) is 4.57 Å². The first-order chi connectivity index (χ1) is 9.78. The molecule has 6 nitrogen and oxygen atoms in total. The molecular weight excluding hydrogens is 266 g/mol. The van der Waals surface area contributed by atoms with Gasteiger partial charge < -0.3 is 9.47 Å². The minimum Gasteiger partial charge on any atom is -0.337 e. The van der Waals surface area contributed by atoms with Crippen LogP contribution in [-0.4, -0.2) is 57.7 Å². The third kappa shape index (κ3) is 4.03. The fraction of sp³-hybridized carbons (Fsp3) is 0.800. The molecule has 1 aliphatic heterocycles. The molecule has 0 radical (unpaired) electrons. The van der Waals surface area contributed by atoms with Crippen LogP contribution >= 0.6 is 0 Å². The van der Waals surface area contributed by atoms with Gasteiger partial charge in [-0.1, -0.05) is 20.8 Å². The molecule has 0 spiro atoms. The molecule has 21 heavy (non-hydrogen) atoms. The summed E-state index contributed by atoms with van der Waals surface area (Å²) < 4.78 is 1.96. The monoisotopic (exact) mass is 293 g/mol. The zero-order chi connectivity index (χ0) is 15.6. The average molecular weight is 293 g/mol. The fourth-order valence-electron chi connectivity index (χ4n) is 2.57. The van der Waals surface area contributed by atoms with Crippen LogP contribution in [0.3, 0.4) is 0 Å². The molecule has 0 aromatic carbocycles. The Balaban J connectivity index is 1.92. The summed E-state index contributed by atoms with van der Waals surface area (Å²) in [5.41, 5.74) is 0.381. The summed E-state index contributed by atoms with van der Waals surface area (Å²) in [6, 6.07) is 0. The molecule has 1 amide bonds. The lowest BCUT2D eigenvalue weighted by Crippen LogP contribution is -2.38. The van der Waals surface area contributed by atoms with E-state index in [-0.39, 0.29) is 5.91 Å². The van der Waals surface area contributed by atoms with Crippen molar-refractivity contribution < 1.29 is 4.79 Å². The van der Waals surface area contributed by atoms with Gasteiger partial charge in [-0.3, -0.25) is 9.69 Å². The summed E-state index contributed by atoms with van der Waals surface area (Å²) in [5, 5.41) is 8.26. The minimum atomic E-state index is -0.0321. The van der Waals surface area contributed by atoms with Crippen LogP contribution < -0.4 is 0 Å². The molecule has 0 saturated heterocycles. The average Bonchev–Trinajstić information content (AvgIpc) is 2.76. The van der Waals surface area contributed by atoms with E-state index in [0.717, 1.165) is 32.0 Å². The molecular formula is C15H27N5O. The maximum absolute atomic E-state index is 12.0. The van der Waals surface area contributed by atoms with Gasteiger partial charge in [-0.25, -0.2) is 0 Å². The normalized spacial score (nSPS) is 15.7. The van der Waals surface area contributed by atoms with Crippen LogP contribution in [0.4, 0.5) is 0 Å². The Labute approximate surface area is 127 Å². The van der Waals surface area contributed by atoms with Gasteiger partial charge in [0, 0.05) is 20.1 Å². The lowest BCUT2D eigenvalue weighted by molar-refractivity contribution is 0.0739. The molecule has 0 atom stereocenters. The molecule has 0 unspecified atom stereocenters. The molecule has 0 N–H and O–H groups in total. The van der Waals surface area contributed by atoms with Gasteiger partial charge in [-0.15, -0.1) is 10.2 Å². The number of aromatic nitrogens is 3. The zero-order valence-electron chi connectivity index (χ0n) is 13.9. The largest absolute Gasteiger partial charge is 0.337 e. The summed E-state index contributed by atoms with van der Waals surface area (Å²) >= 11 is 0. The highest BCUT2D eigenvalue weighted by molar-refractivity contribution is 5.91. The maximum atomic E-state index is 12.0. The number of amides is 1. The number of carbonyl (C=O) groups is 1. The van der Waals surface area contributed by atoms with Crippen LogP contribution in [0.15, 0.2) is 0 Å². The number of fused-ring (bicyclic) bond motifs is 1. The van der Waals surface area contributed by atoms with Crippen LogP contribution in [0.2, 0.25) is 0 Å². The van der Waals surface area contributed by atoms with Crippen LogP contribution in [0, 0.1) is 5.41 Å². The van der Waals surface area contributed by atoms with Crippen molar-refractivity contribution >= 4 is 5.91 Å². The third-order valence-electron chi connectivity index (χ3n) is 3.90. The summed E-state index contributed by atoms with van der Waals surface area (Å²) in [6.07, 6.45) is 2.38. The van der Waals surface area contributed by atoms with Crippen LogP contribution in [0.5, 0.6) is 0 Å². The van der Waals surface area contributed by atoms with E-state index < -0.39 is 0 Å². The van der Waals surface area contributed by atoms with Gasteiger partial charge in [-0.05, 0) is 31.8 Å². The van der Waals surface area contributed by atoms with E-state index in [1.165, 1.54) is 12.8 Å². The highest BCUT2D eigenvalue weighted by Gasteiger charge is 2.26. The van der Waals surface area contributed by atoms with E-state index in [0.29, 0.717) is 11.2 Å². The first kappa shape index (κ1) is 15.9. The Morgan fingerprint density at radius 1 is 1.24 bits per heavy atom. The first-order valence-corrected chi connectivity index (χ1v) is 7.64. The zero-order valence-corrected chi connectivity index (χ0v) is 13.9. The Morgan fingerprint density at radius 2 is 1.95 bits per heavy atom. The minimum absolute atomic E-state index is 0.0321. The van der Waals surface area contributed by atoms with Crippen molar-refractivity contribution in [1.29, 1.82) is 0 Å². The summed E-state index contributed by atoms with van der Waals surface area (Å²) in [7, 11) is 3.90. The van der Waals surface area contributed by atoms with E-state index in [1.54, 1.807) is 11.9 Å². The second-order valence-electron chi connectivity index (χ2n) is 7.22. The number of likely N-dealkylation sites (N-methyl/N-ethyl adjacent to an activating group) is 1. The Hall–Kier alpha value is -1.43. The molecule has 6 heteroatoms. The van der Waals surface area contributed by atoms with Crippen molar-refractivity contribution in [2.45, 2.75) is 46.7 Å². The SMILES string of the molecule is CN(CCCC(C)(C)C)Cc1nnc2n1CCN(C)C2=O. The summed E-state index contributed by atoms with van der Waals surface area (Å²) in [4.78, 5) is 15.9. The van der Waals surface area contributed by atoms with Crippen LogP contribution in [0.1, 0.15) is 50.1 Å². The number of hydrogen-bond donors (Lipinski definition) is 0. The van der Waals surface area contributed by atoms with E-state index >= 15 is 0 Å². The van der Waals surface area contributed by atoms with Gasteiger partial charge in [-0.2, -0.15) is 0 Å². The second-order valence-corrected chi connectivity index (χ2v) is 7.22. The second kappa shape index (κ2) is 6.13. The van der Waals surface area contributed by atoms with Gasteiger partial charge in [0.05, 0.1) is 6.54 Å². The highest BCUT2D eigenvalue weighted by Crippen LogP contribution is 2.20. The van der Waals surface area contributed by atoms with Gasteiger partial charge in [0.1, 0.15) is 5.82 Å². The number of carbonyl (C=O) groups excluding carboxylic acids is 1. The molecule has 0 aliphatic carbocycles.